The van der Waals surface area contributed by atoms with Crippen LogP contribution >= 0.6 is 11.3 Å². The second-order valence-corrected chi connectivity index (χ2v) is 17.3. The lowest BCUT2D eigenvalue weighted by atomic mass is 9.92. The van der Waals surface area contributed by atoms with Crippen molar-refractivity contribution >= 4 is 80.8 Å². The maximum absolute atomic E-state index is 3.82. The molecule has 0 radical (unpaired) electrons. The molecule has 2 aliphatic rings. The van der Waals surface area contributed by atoms with Crippen molar-refractivity contribution in [1.82, 2.24) is 19.8 Å². The van der Waals surface area contributed by atoms with Gasteiger partial charge < -0.3 is 14.5 Å². The third kappa shape index (κ3) is 6.00. The second kappa shape index (κ2) is 14.9. The number of aromatic nitrogens is 2. The van der Waals surface area contributed by atoms with Crippen LogP contribution in [0.15, 0.2) is 218 Å². The molecule has 0 spiro atoms. The monoisotopic (exact) mass is 814 g/mol. The van der Waals surface area contributed by atoms with Crippen LogP contribution < -0.4 is 10.6 Å². The molecular formula is C57H42N4S. The molecule has 296 valence electrons. The van der Waals surface area contributed by atoms with Crippen molar-refractivity contribution in [3.63, 3.8) is 0 Å². The van der Waals surface area contributed by atoms with E-state index in [9.17, 15) is 0 Å². The fourth-order valence-corrected chi connectivity index (χ4v) is 10.9. The van der Waals surface area contributed by atoms with Crippen LogP contribution in [0.3, 0.4) is 0 Å². The highest BCUT2D eigenvalue weighted by molar-refractivity contribution is 7.26. The van der Waals surface area contributed by atoms with Crippen molar-refractivity contribution in [2.75, 3.05) is 0 Å². The maximum Gasteiger partial charge on any atom is 0.104 e. The first kappa shape index (κ1) is 36.4. The van der Waals surface area contributed by atoms with E-state index in [0.29, 0.717) is 0 Å². The topological polar surface area (TPSA) is 33.9 Å². The minimum absolute atomic E-state index is 0.00777. The highest BCUT2D eigenvalue weighted by Gasteiger charge is 2.28. The number of rotatable bonds is 4. The third-order valence-corrected chi connectivity index (χ3v) is 13.7. The Morgan fingerprint density at radius 3 is 1.92 bits per heavy atom. The molecule has 3 aromatic heterocycles. The van der Waals surface area contributed by atoms with Gasteiger partial charge in [-0.15, -0.1) is 11.3 Å². The predicted octanol–water partition coefficient (Wildman–Crippen LogP) is 14.3. The van der Waals surface area contributed by atoms with Gasteiger partial charge in [0.1, 0.15) is 6.17 Å². The Morgan fingerprint density at radius 1 is 0.500 bits per heavy atom. The van der Waals surface area contributed by atoms with Crippen LogP contribution in [-0.2, 0) is 0 Å². The quantitative estimate of drug-likeness (QED) is 0.186. The minimum Gasteiger partial charge on any atom is -0.365 e. The van der Waals surface area contributed by atoms with E-state index in [2.05, 4.69) is 239 Å². The third-order valence-electron chi connectivity index (χ3n) is 12.5. The van der Waals surface area contributed by atoms with Crippen LogP contribution in [0.5, 0.6) is 0 Å². The van der Waals surface area contributed by atoms with E-state index in [1.54, 1.807) is 0 Å². The molecule has 0 bridgehead atoms. The Hall–Kier alpha value is -7.44. The number of nitrogens with zero attached hydrogens (tertiary/aromatic N) is 2. The zero-order chi connectivity index (χ0) is 41.1. The molecule has 62 heavy (non-hydrogen) atoms. The zero-order valence-electron chi connectivity index (χ0n) is 34.2. The SMILES string of the molecule is C1=CC2=C(c3ccccc3)NC(c3ccc(-n4c5ccccc5c5ccc6c7ccccc7sc6c54)cc3)NC2C=C1.Cc1ccc2c(c1)c1ccccc1n2-c1ccccc1. The van der Waals surface area contributed by atoms with Crippen LogP contribution in [0.2, 0.25) is 0 Å². The van der Waals surface area contributed by atoms with Gasteiger partial charge in [0, 0.05) is 54.1 Å². The number of thiophene rings is 1. The Labute approximate surface area is 364 Å². The molecule has 11 aromatic rings. The second-order valence-electron chi connectivity index (χ2n) is 16.3. The van der Waals surface area contributed by atoms with Gasteiger partial charge in [0.05, 0.1) is 32.8 Å². The van der Waals surface area contributed by atoms with E-state index in [-0.39, 0.29) is 12.2 Å². The van der Waals surface area contributed by atoms with Crippen molar-refractivity contribution in [2.45, 2.75) is 19.1 Å². The van der Waals surface area contributed by atoms with Gasteiger partial charge in [0.2, 0.25) is 0 Å². The first-order valence-electron chi connectivity index (χ1n) is 21.3. The molecular weight excluding hydrogens is 773 g/mol. The summed E-state index contributed by atoms with van der Waals surface area (Å²) in [6.45, 7) is 2.15. The molecule has 2 N–H and O–H groups in total. The van der Waals surface area contributed by atoms with Crippen molar-refractivity contribution in [3.05, 3.63) is 235 Å². The number of fused-ring (bicyclic) bond motifs is 11. The summed E-state index contributed by atoms with van der Waals surface area (Å²) in [6, 6.07) is 67.9. The highest BCUT2D eigenvalue weighted by atomic mass is 32.1. The number of aryl methyl sites for hydroxylation is 1. The van der Waals surface area contributed by atoms with Gasteiger partial charge in [-0.3, -0.25) is 5.32 Å². The summed E-state index contributed by atoms with van der Waals surface area (Å²) in [5.74, 6) is 0. The van der Waals surface area contributed by atoms with Gasteiger partial charge in [-0.25, -0.2) is 0 Å². The average Bonchev–Trinajstić information content (AvgIpc) is 4.00. The van der Waals surface area contributed by atoms with Gasteiger partial charge in [0.25, 0.3) is 0 Å². The lowest BCUT2D eigenvalue weighted by Crippen LogP contribution is -2.45. The number of nitrogens with one attached hydrogen (secondary N) is 2. The summed E-state index contributed by atoms with van der Waals surface area (Å²) in [6.07, 6.45) is 8.70. The molecule has 4 heterocycles. The lowest BCUT2D eigenvalue weighted by Gasteiger charge is -2.36. The molecule has 13 rings (SSSR count). The standard InChI is InChI=1S/C38H27N3S.C19H15N/c1-2-10-24(11-3-1)35-31-14-4-7-15-32(31)39-38(40-35)25-18-20-26(21-19-25)41-33-16-8-5-12-27(33)29-22-23-30-28-13-6-9-17-34(28)42-37(30)36(29)41;1-14-11-12-19-17(13-14)16-9-5-6-10-18(16)20(19)15-7-3-2-4-8-15/h1-23,32,38-40H;2-13H,1H3. The number of benzene rings is 8. The zero-order valence-corrected chi connectivity index (χ0v) is 35.0. The highest BCUT2D eigenvalue weighted by Crippen LogP contribution is 2.43. The fourth-order valence-electron chi connectivity index (χ4n) is 9.67. The molecule has 0 saturated carbocycles. The molecule has 1 aliphatic carbocycles. The summed E-state index contributed by atoms with van der Waals surface area (Å²) in [5, 5.41) is 15.5. The summed E-state index contributed by atoms with van der Waals surface area (Å²) in [5.41, 5.74) is 13.6. The number of para-hydroxylation sites is 3. The largest absolute Gasteiger partial charge is 0.365 e. The van der Waals surface area contributed by atoms with Crippen molar-refractivity contribution in [3.8, 4) is 11.4 Å². The van der Waals surface area contributed by atoms with E-state index >= 15 is 0 Å². The van der Waals surface area contributed by atoms with Crippen LogP contribution in [0.1, 0.15) is 22.9 Å². The first-order valence-corrected chi connectivity index (χ1v) is 22.2. The Balaban J connectivity index is 0.000000171. The molecule has 5 heteroatoms. The summed E-state index contributed by atoms with van der Waals surface area (Å²) in [7, 11) is 0. The van der Waals surface area contributed by atoms with Crippen molar-refractivity contribution in [2.24, 2.45) is 0 Å². The summed E-state index contributed by atoms with van der Waals surface area (Å²) < 4.78 is 7.46. The molecule has 8 aromatic carbocycles. The normalized spacial score (nSPS) is 16.0. The Bertz CT molecular complexity index is 3590. The smallest absolute Gasteiger partial charge is 0.104 e. The van der Waals surface area contributed by atoms with Gasteiger partial charge >= 0.3 is 0 Å². The lowest BCUT2D eigenvalue weighted by molar-refractivity contribution is 0.460. The predicted molar refractivity (Wildman–Crippen MR) is 264 cm³/mol. The van der Waals surface area contributed by atoms with E-state index in [1.807, 2.05) is 11.3 Å². The summed E-state index contributed by atoms with van der Waals surface area (Å²) >= 11 is 1.89. The Morgan fingerprint density at radius 2 is 1.13 bits per heavy atom. The van der Waals surface area contributed by atoms with E-state index < -0.39 is 0 Å². The minimum atomic E-state index is -0.00777. The first-order chi connectivity index (χ1) is 30.7. The van der Waals surface area contributed by atoms with Gasteiger partial charge in [-0.1, -0.05) is 163 Å². The van der Waals surface area contributed by atoms with Crippen LogP contribution in [0, 0.1) is 6.92 Å². The number of hydrogen-bond donors (Lipinski definition) is 2. The molecule has 0 fully saturated rings. The molecule has 2 atom stereocenters. The van der Waals surface area contributed by atoms with E-state index in [0.717, 1.165) is 0 Å². The molecule has 2 unspecified atom stereocenters. The number of allylic oxidation sites excluding steroid dienone is 2. The van der Waals surface area contributed by atoms with Gasteiger partial charge in [-0.2, -0.15) is 0 Å². The fraction of sp³-hybridized carbons (Fsp3) is 0.0526. The molecule has 0 amide bonds. The van der Waals surface area contributed by atoms with Gasteiger partial charge in [-0.05, 0) is 78.2 Å². The van der Waals surface area contributed by atoms with Crippen LogP contribution in [-0.4, -0.2) is 15.2 Å². The molecule has 0 saturated heterocycles. The van der Waals surface area contributed by atoms with Crippen molar-refractivity contribution in [1.29, 1.82) is 0 Å². The number of hydrogen-bond acceptors (Lipinski definition) is 3. The maximum atomic E-state index is 3.82. The van der Waals surface area contributed by atoms with Crippen LogP contribution in [0.25, 0.3) is 80.9 Å². The Kier molecular flexibility index (Phi) is 8.77. The van der Waals surface area contributed by atoms with E-state index in [1.165, 1.54) is 103 Å². The van der Waals surface area contributed by atoms with Crippen molar-refractivity contribution < 1.29 is 0 Å². The summed E-state index contributed by atoms with van der Waals surface area (Å²) in [4.78, 5) is 0. The van der Waals surface area contributed by atoms with E-state index in [4.69, 9.17) is 0 Å². The molecule has 1 aliphatic heterocycles. The van der Waals surface area contributed by atoms with Gasteiger partial charge in [0.15, 0.2) is 0 Å². The van der Waals surface area contributed by atoms with Crippen LogP contribution in [0.4, 0.5) is 0 Å². The molecule has 4 nitrogen and oxygen atoms in total. The average molecular weight is 815 g/mol.